The maximum Gasteiger partial charge on any atom is 0.243 e. The van der Waals surface area contributed by atoms with Crippen LogP contribution in [0.2, 0.25) is 0 Å². The molecule has 0 spiro atoms. The summed E-state index contributed by atoms with van der Waals surface area (Å²) in [6, 6.07) is 10.4. The number of hydrogen-bond acceptors (Lipinski definition) is 5. The van der Waals surface area contributed by atoms with Gasteiger partial charge in [-0.05, 0) is 37.8 Å². The van der Waals surface area contributed by atoms with Crippen molar-refractivity contribution in [2.45, 2.75) is 42.8 Å². The molecule has 1 N–H and O–H groups in total. The number of likely N-dealkylation sites (tertiary alicyclic amines) is 1. The number of aliphatic imine (C=N–C) groups is 1. The second kappa shape index (κ2) is 12.9. The van der Waals surface area contributed by atoms with Crippen molar-refractivity contribution in [3.63, 3.8) is 0 Å². The maximum absolute atomic E-state index is 12.0. The number of ether oxygens (including phenoxy) is 2. The first-order valence-corrected chi connectivity index (χ1v) is 12.2. The van der Waals surface area contributed by atoms with Gasteiger partial charge in [0.25, 0.3) is 0 Å². The molecule has 1 unspecified atom stereocenters. The number of guanidine groups is 1. The molecule has 2 aliphatic rings. The van der Waals surface area contributed by atoms with Crippen LogP contribution in [0, 0.1) is 0 Å². The van der Waals surface area contributed by atoms with Gasteiger partial charge in [0.1, 0.15) is 6.54 Å². The van der Waals surface area contributed by atoms with Gasteiger partial charge in [-0.3, -0.25) is 4.79 Å². The smallest absolute Gasteiger partial charge is 0.243 e. The topological polar surface area (TPSA) is 66.4 Å². The quantitative estimate of drug-likeness (QED) is 0.271. The first-order chi connectivity index (χ1) is 15.1. The van der Waals surface area contributed by atoms with Crippen LogP contribution in [0.3, 0.4) is 0 Å². The van der Waals surface area contributed by atoms with Crippen molar-refractivity contribution in [1.82, 2.24) is 15.1 Å². The molecule has 1 amide bonds. The molecule has 0 saturated carbocycles. The minimum atomic E-state index is 0.00717. The van der Waals surface area contributed by atoms with Crippen molar-refractivity contribution in [3.05, 3.63) is 30.3 Å². The van der Waals surface area contributed by atoms with E-state index in [9.17, 15) is 4.79 Å². The largest absolute Gasteiger partial charge is 0.376 e. The molecule has 31 heavy (non-hydrogen) atoms. The lowest BCUT2D eigenvalue weighted by atomic mass is 10.1. The van der Waals surface area contributed by atoms with Gasteiger partial charge in [0.05, 0.1) is 18.8 Å². The highest BCUT2D eigenvalue weighted by Gasteiger charge is 2.24. The molecule has 172 valence electrons. The molecule has 1 atom stereocenters. The Kier molecular flexibility index (Phi) is 9.96. The van der Waals surface area contributed by atoms with E-state index in [2.05, 4.69) is 39.5 Å². The van der Waals surface area contributed by atoms with Gasteiger partial charge in [-0.2, -0.15) is 0 Å². The van der Waals surface area contributed by atoms with Crippen LogP contribution in [0.5, 0.6) is 0 Å². The minimum Gasteiger partial charge on any atom is -0.376 e. The summed E-state index contributed by atoms with van der Waals surface area (Å²) in [6.45, 7) is 4.29. The maximum atomic E-state index is 12.0. The highest BCUT2D eigenvalue weighted by Crippen LogP contribution is 2.18. The average molecular weight is 449 g/mol. The minimum absolute atomic E-state index is 0.00717. The Bertz CT molecular complexity index is 687. The summed E-state index contributed by atoms with van der Waals surface area (Å²) in [5, 5.41) is 3.47. The van der Waals surface area contributed by atoms with Crippen molar-refractivity contribution in [3.8, 4) is 0 Å². The second-order valence-electron chi connectivity index (χ2n) is 8.17. The summed E-state index contributed by atoms with van der Waals surface area (Å²) in [6.07, 6.45) is 4.74. The number of nitrogens with one attached hydrogen (secondary N) is 1. The van der Waals surface area contributed by atoms with E-state index in [1.54, 1.807) is 19.0 Å². The highest BCUT2D eigenvalue weighted by molar-refractivity contribution is 7.99. The molecule has 2 fully saturated rings. The van der Waals surface area contributed by atoms with E-state index in [-0.39, 0.29) is 24.7 Å². The van der Waals surface area contributed by atoms with Crippen LogP contribution in [0.25, 0.3) is 0 Å². The lowest BCUT2D eigenvalue weighted by Gasteiger charge is -2.34. The number of nitrogens with zero attached hydrogens (tertiary/aromatic N) is 3. The summed E-state index contributed by atoms with van der Waals surface area (Å²) in [7, 11) is 3.52. The number of carbonyl (C=O) groups excluding carboxylic acids is 1. The van der Waals surface area contributed by atoms with Gasteiger partial charge in [0.2, 0.25) is 5.91 Å². The van der Waals surface area contributed by atoms with E-state index in [4.69, 9.17) is 9.47 Å². The Balaban J connectivity index is 1.46. The Labute approximate surface area is 190 Å². The molecule has 0 aliphatic carbocycles. The Morgan fingerprint density at radius 2 is 2.03 bits per heavy atom. The van der Waals surface area contributed by atoms with Gasteiger partial charge in [-0.25, -0.2) is 4.99 Å². The van der Waals surface area contributed by atoms with Gasteiger partial charge in [-0.1, -0.05) is 18.2 Å². The van der Waals surface area contributed by atoms with E-state index in [0.29, 0.717) is 6.61 Å². The Morgan fingerprint density at radius 1 is 1.26 bits per heavy atom. The lowest BCUT2D eigenvalue weighted by molar-refractivity contribution is -0.127. The highest BCUT2D eigenvalue weighted by atomic mass is 32.2. The van der Waals surface area contributed by atoms with Crippen LogP contribution in [0.1, 0.15) is 25.7 Å². The molecule has 1 aromatic carbocycles. The molecule has 7 nitrogen and oxygen atoms in total. The van der Waals surface area contributed by atoms with Gasteiger partial charge in [-0.15, -0.1) is 11.8 Å². The summed E-state index contributed by atoms with van der Waals surface area (Å²) in [5.74, 6) is 1.76. The molecule has 0 radical (unpaired) electrons. The first-order valence-electron chi connectivity index (χ1n) is 11.3. The number of piperidine rings is 1. The standard InChI is InChI=1S/C23H36N4O3S/c1-26(2)22(28)17-25-23(24-12-16-31-21-8-4-3-5-9-21)27-13-10-19(11-14-27)30-18-20-7-6-15-29-20/h3-5,8-9,19-20H,6-7,10-18H2,1-2H3,(H,24,25). The summed E-state index contributed by atoms with van der Waals surface area (Å²) >= 11 is 1.81. The van der Waals surface area contributed by atoms with E-state index in [1.807, 2.05) is 17.8 Å². The SMILES string of the molecule is CN(C)C(=O)CN=C(NCCSc1ccccc1)N1CCC(OCC2CCCO2)CC1. The monoisotopic (exact) mass is 448 g/mol. The van der Waals surface area contributed by atoms with Crippen LogP contribution in [-0.4, -0.2) is 93.1 Å². The number of rotatable bonds is 9. The molecular weight excluding hydrogens is 412 g/mol. The third-order valence-corrected chi connectivity index (χ3v) is 6.56. The average Bonchev–Trinajstić information content (AvgIpc) is 3.32. The number of amides is 1. The Hall–Kier alpha value is -1.77. The third kappa shape index (κ3) is 8.35. The zero-order chi connectivity index (χ0) is 21.9. The van der Waals surface area contributed by atoms with Crippen molar-refractivity contribution in [2.75, 3.05) is 59.2 Å². The molecular formula is C23H36N4O3S. The van der Waals surface area contributed by atoms with Gasteiger partial charge in [0, 0.05) is 51.0 Å². The third-order valence-electron chi connectivity index (χ3n) is 5.54. The van der Waals surface area contributed by atoms with Crippen molar-refractivity contribution in [1.29, 1.82) is 0 Å². The number of carbonyl (C=O) groups is 1. The normalized spacial score (nSPS) is 20.1. The fourth-order valence-electron chi connectivity index (χ4n) is 3.65. The van der Waals surface area contributed by atoms with Crippen LogP contribution in [-0.2, 0) is 14.3 Å². The first kappa shape index (κ1) is 23.9. The van der Waals surface area contributed by atoms with Crippen LogP contribution < -0.4 is 5.32 Å². The molecule has 0 aromatic heterocycles. The Morgan fingerprint density at radius 3 is 2.71 bits per heavy atom. The van der Waals surface area contributed by atoms with Crippen LogP contribution >= 0.6 is 11.8 Å². The fourth-order valence-corrected chi connectivity index (χ4v) is 4.44. The second-order valence-corrected chi connectivity index (χ2v) is 9.34. The molecule has 2 aliphatic heterocycles. The predicted molar refractivity (Wildman–Crippen MR) is 126 cm³/mol. The number of thioether (sulfide) groups is 1. The fraction of sp³-hybridized carbons (Fsp3) is 0.652. The predicted octanol–water partition coefficient (Wildman–Crippen LogP) is 2.47. The number of benzene rings is 1. The summed E-state index contributed by atoms with van der Waals surface area (Å²) in [5.41, 5.74) is 0. The molecule has 8 heteroatoms. The summed E-state index contributed by atoms with van der Waals surface area (Å²) < 4.78 is 11.8. The van der Waals surface area contributed by atoms with E-state index in [0.717, 1.165) is 63.6 Å². The van der Waals surface area contributed by atoms with E-state index < -0.39 is 0 Å². The molecule has 2 saturated heterocycles. The van der Waals surface area contributed by atoms with Crippen LogP contribution in [0.15, 0.2) is 40.2 Å². The number of hydrogen-bond donors (Lipinski definition) is 1. The van der Waals surface area contributed by atoms with Crippen LogP contribution in [0.4, 0.5) is 0 Å². The van der Waals surface area contributed by atoms with Crippen molar-refractivity contribution in [2.24, 2.45) is 4.99 Å². The van der Waals surface area contributed by atoms with E-state index >= 15 is 0 Å². The molecule has 1 aromatic rings. The zero-order valence-corrected chi connectivity index (χ0v) is 19.6. The molecule has 3 rings (SSSR count). The lowest BCUT2D eigenvalue weighted by Crippen LogP contribution is -2.48. The molecule has 2 heterocycles. The molecule has 0 bridgehead atoms. The van der Waals surface area contributed by atoms with Crippen molar-refractivity contribution >= 4 is 23.6 Å². The summed E-state index contributed by atoms with van der Waals surface area (Å²) in [4.78, 5) is 21.8. The van der Waals surface area contributed by atoms with Crippen molar-refractivity contribution < 1.29 is 14.3 Å². The van der Waals surface area contributed by atoms with Gasteiger partial charge in [0.15, 0.2) is 5.96 Å². The number of likely N-dealkylation sites (N-methyl/N-ethyl adjacent to an activating group) is 1. The van der Waals surface area contributed by atoms with Gasteiger partial charge >= 0.3 is 0 Å². The van der Waals surface area contributed by atoms with Gasteiger partial charge < -0.3 is 24.6 Å². The zero-order valence-electron chi connectivity index (χ0n) is 18.8. The van der Waals surface area contributed by atoms with E-state index in [1.165, 1.54) is 4.90 Å².